The van der Waals surface area contributed by atoms with Gasteiger partial charge in [-0.1, -0.05) is 0 Å². The van der Waals surface area contributed by atoms with E-state index >= 15 is 0 Å². The summed E-state index contributed by atoms with van der Waals surface area (Å²) in [6.45, 7) is 0. The second kappa shape index (κ2) is 7.50. The van der Waals surface area contributed by atoms with Gasteiger partial charge in [0.05, 0.1) is 0 Å². The summed E-state index contributed by atoms with van der Waals surface area (Å²) in [6.07, 6.45) is 0. The van der Waals surface area contributed by atoms with Gasteiger partial charge in [0.25, 0.3) is 0 Å². The Morgan fingerprint density at radius 2 is 0.533 bits per heavy atom. The Morgan fingerprint density at radius 1 is 0.533 bits per heavy atom. The second-order valence-electron chi connectivity index (χ2n) is 1.42. The topological polar surface area (TPSA) is 173 Å². The quantitative estimate of drug-likeness (QED) is 0.340. The normalized spacial score (nSPS) is 11.8. The highest BCUT2D eigenvalue weighted by molar-refractivity contribution is 7.46. The summed E-state index contributed by atoms with van der Waals surface area (Å²) in [5.41, 5.74) is 0. The van der Waals surface area contributed by atoms with Gasteiger partial charge < -0.3 is 0 Å². The lowest BCUT2D eigenvalue weighted by atomic mass is 15.8. The van der Waals surface area contributed by atoms with Crippen molar-refractivity contribution in [1.82, 2.24) is 0 Å². The Labute approximate surface area is 80.4 Å². The maximum Gasteiger partial charge on any atom is 0.507 e. The first-order chi connectivity index (χ1) is 6.00. The number of halogens is 3. The monoisotopic (exact) mass is 300 g/mol. The van der Waals surface area contributed by atoms with E-state index in [0.717, 1.165) is 0 Å². The van der Waals surface area contributed by atoms with Gasteiger partial charge in [-0.25, -0.2) is 13.7 Å². The van der Waals surface area contributed by atoms with Crippen LogP contribution in [0.3, 0.4) is 0 Å². The zero-order chi connectivity index (χ0) is 13.5. The molecule has 0 radical (unpaired) electrons. The average Bonchev–Trinajstić information content (AvgIpc) is 1.41. The first kappa shape index (κ1) is 20.6. The molecule has 6 N–H and O–H groups in total. The van der Waals surface area contributed by atoms with Gasteiger partial charge in [-0.3, -0.25) is 29.4 Å². The molecule has 0 unspecified atom stereocenters. The largest absolute Gasteiger partial charge is 0.507 e. The van der Waals surface area contributed by atoms with E-state index in [1.165, 1.54) is 0 Å². The maximum absolute atomic E-state index is 10.4. The summed E-state index contributed by atoms with van der Waals surface area (Å²) in [7, 11) is -15.4. The van der Waals surface area contributed by atoms with Gasteiger partial charge in [0.15, 0.2) is 0 Å². The van der Waals surface area contributed by atoms with Gasteiger partial charge in [-0.15, -0.1) is 12.6 Å². The van der Waals surface area contributed by atoms with E-state index in [4.69, 9.17) is 43.1 Å². The lowest BCUT2D eigenvalue weighted by Gasteiger charge is -1.78. The molecule has 15 heavy (non-hydrogen) atoms. The van der Waals surface area contributed by atoms with Crippen molar-refractivity contribution in [2.45, 2.75) is 0 Å². The van der Waals surface area contributed by atoms with Crippen molar-refractivity contribution in [1.29, 1.82) is 0 Å². The highest BCUT2D eigenvalue weighted by atomic mass is 31.2. The lowest BCUT2D eigenvalue weighted by molar-refractivity contribution is 0.320. The van der Waals surface area contributed by atoms with Crippen LogP contribution in [0, 0.1) is 0 Å². The molecule has 9 nitrogen and oxygen atoms in total. The van der Waals surface area contributed by atoms with Crippen LogP contribution in [-0.2, 0) is 13.7 Å². The van der Waals surface area contributed by atoms with E-state index in [1.807, 2.05) is 0 Å². The predicted octanol–water partition coefficient (Wildman–Crippen LogP) is 0.146. The SMILES string of the molecule is O=P(O)(O)F.O=P(O)(O)F.O=P(O)(O)F. The molecule has 0 aromatic carbocycles. The van der Waals surface area contributed by atoms with E-state index in [9.17, 15) is 12.6 Å². The zero-order valence-electron chi connectivity index (χ0n) is 6.38. The standard InChI is InChI=1S/3FH2O3P/c3*1-5(2,3)4/h3*(H2,2,3,4). The molecule has 0 aliphatic heterocycles. The second-order valence-corrected chi connectivity index (χ2v) is 4.26. The first-order valence-corrected chi connectivity index (χ1v) is 6.76. The van der Waals surface area contributed by atoms with E-state index < -0.39 is 23.7 Å². The third-order valence-electron chi connectivity index (χ3n) is 0. The molecule has 0 bridgehead atoms. The molecule has 96 valence electrons. The van der Waals surface area contributed by atoms with Crippen LogP contribution in [-0.4, -0.2) is 29.4 Å². The summed E-state index contributed by atoms with van der Waals surface area (Å²) in [5.74, 6) is 0. The lowest BCUT2D eigenvalue weighted by Crippen LogP contribution is -1.56. The molecule has 0 aromatic heterocycles. The Morgan fingerprint density at radius 3 is 0.533 bits per heavy atom. The molecular weight excluding hydrogens is 294 g/mol. The molecule has 0 aromatic rings. The van der Waals surface area contributed by atoms with Crippen molar-refractivity contribution in [3.8, 4) is 0 Å². The van der Waals surface area contributed by atoms with Crippen LogP contribution in [0.25, 0.3) is 0 Å². The minimum atomic E-state index is -5.14. The molecule has 0 saturated heterocycles. The summed E-state index contributed by atoms with van der Waals surface area (Å²) in [6, 6.07) is 0. The fraction of sp³-hybridized carbons (Fsp3) is 0. The van der Waals surface area contributed by atoms with Gasteiger partial charge in [0.2, 0.25) is 0 Å². The summed E-state index contributed by atoms with van der Waals surface area (Å²) in [5, 5.41) is 0. The first-order valence-electron chi connectivity index (χ1n) is 2.25. The number of hydrogen-bond acceptors (Lipinski definition) is 3. The van der Waals surface area contributed by atoms with Gasteiger partial charge in [-0.2, -0.15) is 0 Å². The van der Waals surface area contributed by atoms with Crippen LogP contribution >= 0.6 is 23.7 Å². The molecular formula is H6F3O9P3. The van der Waals surface area contributed by atoms with E-state index in [1.54, 1.807) is 0 Å². The minimum Gasteiger partial charge on any atom is -0.299 e. The molecule has 15 heteroatoms. The smallest absolute Gasteiger partial charge is 0.299 e. The number of hydrogen-bond donors (Lipinski definition) is 6. The Balaban J connectivity index is -0.000000144. The molecule has 0 aliphatic rings. The highest BCUT2D eigenvalue weighted by Crippen LogP contribution is 2.35. The van der Waals surface area contributed by atoms with Crippen molar-refractivity contribution < 1.29 is 55.6 Å². The summed E-state index contributed by atoms with van der Waals surface area (Å²) in [4.78, 5) is 41.8. The van der Waals surface area contributed by atoms with E-state index in [2.05, 4.69) is 0 Å². The van der Waals surface area contributed by atoms with Crippen LogP contribution in [0.15, 0.2) is 0 Å². The fourth-order valence-electron chi connectivity index (χ4n) is 0. The van der Waals surface area contributed by atoms with Crippen molar-refractivity contribution in [3.05, 3.63) is 0 Å². The molecule has 0 saturated carbocycles. The molecule has 0 aliphatic carbocycles. The van der Waals surface area contributed by atoms with Crippen LogP contribution < -0.4 is 0 Å². The fourth-order valence-corrected chi connectivity index (χ4v) is 0. The predicted molar refractivity (Wildman–Crippen MR) is 39.5 cm³/mol. The van der Waals surface area contributed by atoms with Crippen molar-refractivity contribution in [3.63, 3.8) is 0 Å². The summed E-state index contributed by atoms with van der Waals surface area (Å²) >= 11 is 0. The van der Waals surface area contributed by atoms with E-state index in [-0.39, 0.29) is 0 Å². The number of rotatable bonds is 0. The molecule has 0 heterocycles. The van der Waals surface area contributed by atoms with Crippen LogP contribution in [0.1, 0.15) is 0 Å². The summed E-state index contributed by atoms with van der Waals surface area (Å²) < 4.78 is 57.0. The van der Waals surface area contributed by atoms with Gasteiger partial charge >= 0.3 is 23.7 Å². The molecule has 0 spiro atoms. The molecule has 0 fully saturated rings. The minimum absolute atomic E-state index is 5.14. The van der Waals surface area contributed by atoms with E-state index in [0.29, 0.717) is 0 Å². The zero-order valence-corrected chi connectivity index (χ0v) is 9.07. The Kier molecular flexibility index (Phi) is 10.3. The Bertz CT molecular complexity index is 207. The van der Waals surface area contributed by atoms with Gasteiger partial charge in [0, 0.05) is 0 Å². The highest BCUT2D eigenvalue weighted by Gasteiger charge is 2.05. The molecule has 0 atom stereocenters. The molecule has 0 rings (SSSR count). The van der Waals surface area contributed by atoms with Gasteiger partial charge in [-0.05, 0) is 0 Å². The molecule has 0 amide bonds. The van der Waals surface area contributed by atoms with Gasteiger partial charge in [0.1, 0.15) is 0 Å². The average molecular weight is 300 g/mol. The maximum atomic E-state index is 10.4. The van der Waals surface area contributed by atoms with Crippen LogP contribution in [0.4, 0.5) is 12.6 Å². The third-order valence-corrected chi connectivity index (χ3v) is 0. The third kappa shape index (κ3) is 37000. The van der Waals surface area contributed by atoms with Crippen molar-refractivity contribution in [2.75, 3.05) is 0 Å². The van der Waals surface area contributed by atoms with Crippen LogP contribution in [0.2, 0.25) is 0 Å². The van der Waals surface area contributed by atoms with Crippen molar-refractivity contribution >= 4 is 23.7 Å². The van der Waals surface area contributed by atoms with Crippen LogP contribution in [0.5, 0.6) is 0 Å². The van der Waals surface area contributed by atoms with Crippen molar-refractivity contribution in [2.24, 2.45) is 0 Å². The Hall–Kier alpha value is 0.240.